The van der Waals surface area contributed by atoms with Gasteiger partial charge in [0.25, 0.3) is 5.91 Å². The molecule has 2 aromatic carbocycles. The van der Waals surface area contributed by atoms with Gasteiger partial charge in [-0.2, -0.15) is 0 Å². The van der Waals surface area contributed by atoms with Crippen LogP contribution in [0.3, 0.4) is 0 Å². The first-order chi connectivity index (χ1) is 15.5. The molecule has 0 saturated heterocycles. The molecule has 4 aromatic rings. The number of amides is 1. The van der Waals surface area contributed by atoms with E-state index in [-0.39, 0.29) is 18.3 Å². The SMILES string of the molecule is CNC(=O)c1ccc(-c2cnc(NCc3c(F)ccc4c3CCO4)n3cc(C)nc23)cc1. The van der Waals surface area contributed by atoms with Gasteiger partial charge in [0.1, 0.15) is 17.2 Å². The number of halogens is 1. The number of carbonyl (C=O) groups is 1. The molecule has 0 radical (unpaired) electrons. The van der Waals surface area contributed by atoms with Gasteiger partial charge >= 0.3 is 0 Å². The van der Waals surface area contributed by atoms with Gasteiger partial charge < -0.3 is 15.4 Å². The fraction of sp³-hybridized carbons (Fsp3) is 0.208. The van der Waals surface area contributed by atoms with Crippen molar-refractivity contribution in [2.75, 3.05) is 19.0 Å². The van der Waals surface area contributed by atoms with E-state index in [1.54, 1.807) is 31.4 Å². The van der Waals surface area contributed by atoms with E-state index in [1.165, 1.54) is 6.07 Å². The summed E-state index contributed by atoms with van der Waals surface area (Å²) in [6.07, 6.45) is 4.33. The molecular weight excluding hydrogens is 409 g/mol. The summed E-state index contributed by atoms with van der Waals surface area (Å²) in [6, 6.07) is 10.4. The van der Waals surface area contributed by atoms with Gasteiger partial charge in [-0.25, -0.2) is 14.4 Å². The number of aromatic nitrogens is 3. The second-order valence-electron chi connectivity index (χ2n) is 7.68. The number of nitrogens with one attached hydrogen (secondary N) is 2. The first-order valence-electron chi connectivity index (χ1n) is 10.4. The Labute approximate surface area is 184 Å². The molecule has 2 aromatic heterocycles. The number of hydrogen-bond donors (Lipinski definition) is 2. The van der Waals surface area contributed by atoms with Crippen molar-refractivity contribution < 1.29 is 13.9 Å². The van der Waals surface area contributed by atoms with Gasteiger partial charge in [-0.05, 0) is 36.8 Å². The lowest BCUT2D eigenvalue weighted by Crippen LogP contribution is -2.17. The summed E-state index contributed by atoms with van der Waals surface area (Å²) in [6.45, 7) is 2.77. The molecule has 0 fully saturated rings. The molecular formula is C24H22FN5O2. The molecule has 2 N–H and O–H groups in total. The molecule has 1 amide bonds. The lowest BCUT2D eigenvalue weighted by molar-refractivity contribution is 0.0963. The third kappa shape index (κ3) is 3.43. The van der Waals surface area contributed by atoms with Gasteiger partial charge in [0.2, 0.25) is 5.95 Å². The highest BCUT2D eigenvalue weighted by atomic mass is 19.1. The molecule has 162 valence electrons. The monoisotopic (exact) mass is 431 g/mol. The third-order valence-corrected chi connectivity index (χ3v) is 5.66. The second kappa shape index (κ2) is 7.96. The number of anilines is 1. The number of benzene rings is 2. The summed E-state index contributed by atoms with van der Waals surface area (Å²) in [5, 5.41) is 5.88. The quantitative estimate of drug-likeness (QED) is 0.503. The van der Waals surface area contributed by atoms with Gasteiger partial charge in [0.05, 0.1) is 12.3 Å². The molecule has 3 heterocycles. The van der Waals surface area contributed by atoms with Gasteiger partial charge in [0, 0.05) is 54.7 Å². The predicted octanol–water partition coefficient (Wildman–Crippen LogP) is 3.75. The summed E-state index contributed by atoms with van der Waals surface area (Å²) in [4.78, 5) is 21.1. The molecule has 0 saturated carbocycles. The Morgan fingerprint density at radius 3 is 2.81 bits per heavy atom. The Morgan fingerprint density at radius 1 is 1.22 bits per heavy atom. The number of fused-ring (bicyclic) bond motifs is 2. The topological polar surface area (TPSA) is 80.5 Å². The molecule has 7 nitrogen and oxygen atoms in total. The van der Waals surface area contributed by atoms with Crippen molar-refractivity contribution in [2.24, 2.45) is 0 Å². The van der Waals surface area contributed by atoms with Crippen LogP contribution >= 0.6 is 0 Å². The molecule has 8 heteroatoms. The van der Waals surface area contributed by atoms with Crippen molar-refractivity contribution >= 4 is 17.5 Å². The molecule has 0 atom stereocenters. The average Bonchev–Trinajstić information content (AvgIpc) is 3.44. The number of ether oxygens (including phenoxy) is 1. The van der Waals surface area contributed by atoms with Crippen LogP contribution in [-0.4, -0.2) is 33.9 Å². The first-order valence-corrected chi connectivity index (χ1v) is 10.4. The Morgan fingerprint density at radius 2 is 2.03 bits per heavy atom. The lowest BCUT2D eigenvalue weighted by Gasteiger charge is -2.13. The van der Waals surface area contributed by atoms with Crippen LogP contribution in [0.15, 0.2) is 48.8 Å². The first kappa shape index (κ1) is 20.0. The number of hydrogen-bond acceptors (Lipinski definition) is 5. The maximum absolute atomic E-state index is 14.5. The van der Waals surface area contributed by atoms with Gasteiger partial charge in [-0.1, -0.05) is 12.1 Å². The number of carbonyl (C=O) groups excluding carboxylic acids is 1. The highest BCUT2D eigenvalue weighted by Crippen LogP contribution is 2.31. The molecule has 1 aliphatic heterocycles. The van der Waals surface area contributed by atoms with E-state index >= 15 is 0 Å². The summed E-state index contributed by atoms with van der Waals surface area (Å²) in [5.74, 6) is 0.922. The number of aryl methyl sites for hydroxylation is 1. The van der Waals surface area contributed by atoms with Crippen LogP contribution in [0.4, 0.5) is 10.3 Å². The standard InChI is InChI=1S/C24H22FN5O2/c1-14-13-30-22(29-14)18(15-3-5-16(6-4-15)23(31)26-2)11-27-24(30)28-12-19-17-9-10-32-21(17)8-7-20(19)25/h3-8,11,13H,9-10,12H2,1-2H3,(H,26,31)(H,27,28). The molecule has 1 aliphatic rings. The van der Waals surface area contributed by atoms with E-state index in [0.29, 0.717) is 30.1 Å². The lowest BCUT2D eigenvalue weighted by atomic mass is 10.0. The van der Waals surface area contributed by atoms with Crippen LogP contribution in [0.1, 0.15) is 27.2 Å². The van der Waals surface area contributed by atoms with E-state index in [0.717, 1.165) is 33.8 Å². The average molecular weight is 431 g/mol. The zero-order chi connectivity index (χ0) is 22.2. The Balaban J connectivity index is 1.48. The van der Waals surface area contributed by atoms with Crippen LogP contribution in [0.25, 0.3) is 16.8 Å². The summed E-state index contributed by atoms with van der Waals surface area (Å²) >= 11 is 0. The maximum Gasteiger partial charge on any atom is 0.251 e. The Bertz CT molecular complexity index is 1330. The summed E-state index contributed by atoms with van der Waals surface area (Å²) in [7, 11) is 1.60. The number of imidazole rings is 1. The van der Waals surface area contributed by atoms with Crippen LogP contribution in [0, 0.1) is 12.7 Å². The zero-order valence-electron chi connectivity index (χ0n) is 17.8. The fourth-order valence-corrected chi connectivity index (χ4v) is 4.05. The van der Waals surface area contributed by atoms with E-state index in [2.05, 4.69) is 20.6 Å². The number of nitrogens with zero attached hydrogens (tertiary/aromatic N) is 3. The Hall–Kier alpha value is -3.94. The predicted molar refractivity (Wildman–Crippen MR) is 119 cm³/mol. The van der Waals surface area contributed by atoms with E-state index < -0.39 is 0 Å². The van der Waals surface area contributed by atoms with Crippen LogP contribution in [0.5, 0.6) is 5.75 Å². The van der Waals surface area contributed by atoms with E-state index in [1.807, 2.05) is 29.7 Å². The minimum atomic E-state index is -0.257. The van der Waals surface area contributed by atoms with Crippen molar-refractivity contribution in [3.63, 3.8) is 0 Å². The largest absolute Gasteiger partial charge is 0.493 e. The second-order valence-corrected chi connectivity index (χ2v) is 7.68. The third-order valence-electron chi connectivity index (χ3n) is 5.66. The molecule has 0 spiro atoms. The zero-order valence-corrected chi connectivity index (χ0v) is 17.8. The smallest absolute Gasteiger partial charge is 0.251 e. The summed E-state index contributed by atoms with van der Waals surface area (Å²) in [5.41, 5.74) is 5.39. The summed E-state index contributed by atoms with van der Waals surface area (Å²) < 4.78 is 21.9. The van der Waals surface area contributed by atoms with Crippen molar-refractivity contribution in [1.82, 2.24) is 19.7 Å². The van der Waals surface area contributed by atoms with Crippen molar-refractivity contribution in [3.8, 4) is 16.9 Å². The van der Waals surface area contributed by atoms with Gasteiger partial charge in [0.15, 0.2) is 0 Å². The van der Waals surface area contributed by atoms with Gasteiger partial charge in [-0.15, -0.1) is 0 Å². The molecule has 5 rings (SSSR count). The Kier molecular flexibility index (Phi) is 4.97. The van der Waals surface area contributed by atoms with Crippen LogP contribution in [0.2, 0.25) is 0 Å². The highest BCUT2D eigenvalue weighted by Gasteiger charge is 2.20. The highest BCUT2D eigenvalue weighted by molar-refractivity contribution is 5.94. The molecule has 0 unspecified atom stereocenters. The van der Waals surface area contributed by atoms with E-state index in [4.69, 9.17) is 4.74 Å². The van der Waals surface area contributed by atoms with E-state index in [9.17, 15) is 9.18 Å². The normalized spacial score (nSPS) is 12.5. The van der Waals surface area contributed by atoms with Crippen molar-refractivity contribution in [2.45, 2.75) is 19.9 Å². The van der Waals surface area contributed by atoms with Crippen molar-refractivity contribution in [3.05, 3.63) is 77.0 Å². The molecule has 0 bridgehead atoms. The number of rotatable bonds is 5. The van der Waals surface area contributed by atoms with Gasteiger partial charge in [-0.3, -0.25) is 9.20 Å². The fourth-order valence-electron chi connectivity index (χ4n) is 4.05. The maximum atomic E-state index is 14.5. The van der Waals surface area contributed by atoms with Crippen LogP contribution in [-0.2, 0) is 13.0 Å². The minimum absolute atomic E-state index is 0.138. The molecule has 32 heavy (non-hydrogen) atoms. The van der Waals surface area contributed by atoms with Crippen LogP contribution < -0.4 is 15.4 Å². The van der Waals surface area contributed by atoms with Crippen molar-refractivity contribution in [1.29, 1.82) is 0 Å². The minimum Gasteiger partial charge on any atom is -0.493 e. The molecule has 0 aliphatic carbocycles.